The Kier molecular flexibility index (Phi) is 4.86. The van der Waals surface area contributed by atoms with Crippen LogP contribution in [0.25, 0.3) is 0 Å². The number of hydrogen-bond acceptors (Lipinski definition) is 5. The van der Waals surface area contributed by atoms with Crippen molar-refractivity contribution in [2.24, 2.45) is 11.3 Å². The fraction of sp³-hybridized carbons (Fsp3) is 0.688. The summed E-state index contributed by atoms with van der Waals surface area (Å²) in [5.74, 6) is 5.87. The molecule has 1 saturated carbocycles. The van der Waals surface area contributed by atoms with Crippen LogP contribution in [0.3, 0.4) is 0 Å². The van der Waals surface area contributed by atoms with Gasteiger partial charge >= 0.3 is 0 Å². The van der Waals surface area contributed by atoms with Crippen molar-refractivity contribution in [2.75, 3.05) is 12.3 Å². The summed E-state index contributed by atoms with van der Waals surface area (Å²) in [4.78, 5) is 4.20. The van der Waals surface area contributed by atoms with Crippen molar-refractivity contribution in [1.29, 1.82) is 0 Å². The molecule has 1 aliphatic carbocycles. The predicted molar refractivity (Wildman–Crippen MR) is 85.3 cm³/mol. The normalized spacial score (nSPS) is 21.9. The van der Waals surface area contributed by atoms with Gasteiger partial charge in [-0.25, -0.2) is 5.43 Å². The third-order valence-corrected chi connectivity index (χ3v) is 4.77. The molecule has 0 aromatic carbocycles. The van der Waals surface area contributed by atoms with E-state index in [1.165, 1.54) is 0 Å². The molecule has 0 bridgehead atoms. The molecular formula is C16H28N4O. The highest BCUT2D eigenvalue weighted by Crippen LogP contribution is 2.48. The molecule has 0 aliphatic heterocycles. The number of nitrogens with two attached hydrogens (primary N) is 2. The largest absolute Gasteiger partial charge is 0.398 e. The van der Waals surface area contributed by atoms with E-state index in [0.29, 0.717) is 17.7 Å². The van der Waals surface area contributed by atoms with E-state index in [9.17, 15) is 0 Å². The highest BCUT2D eigenvalue weighted by Gasteiger charge is 2.45. The van der Waals surface area contributed by atoms with E-state index in [4.69, 9.17) is 16.3 Å². The maximum atomic E-state index is 6.20. The molecule has 0 spiro atoms. The summed E-state index contributed by atoms with van der Waals surface area (Å²) in [5.41, 5.74) is 10.7. The first-order chi connectivity index (χ1) is 9.94. The molecule has 118 valence electrons. The van der Waals surface area contributed by atoms with Crippen LogP contribution < -0.4 is 17.0 Å². The minimum absolute atomic E-state index is 0.137. The van der Waals surface area contributed by atoms with Crippen LogP contribution in [-0.4, -0.2) is 17.2 Å². The minimum atomic E-state index is -0.309. The van der Waals surface area contributed by atoms with Gasteiger partial charge < -0.3 is 10.5 Å². The van der Waals surface area contributed by atoms with Crippen LogP contribution in [-0.2, 0) is 4.74 Å². The van der Waals surface area contributed by atoms with E-state index >= 15 is 0 Å². The molecule has 1 unspecified atom stereocenters. The first-order valence-corrected chi connectivity index (χ1v) is 7.73. The summed E-state index contributed by atoms with van der Waals surface area (Å²) in [5, 5.41) is 0. The maximum Gasteiger partial charge on any atom is 0.0890 e. The number of aromatic nitrogens is 1. The average molecular weight is 292 g/mol. The monoisotopic (exact) mass is 292 g/mol. The lowest BCUT2D eigenvalue weighted by Crippen LogP contribution is -2.51. The molecule has 0 radical (unpaired) electrons. The number of rotatable bonds is 5. The number of nitrogens with zero attached hydrogens (tertiary/aromatic N) is 1. The molecule has 0 saturated heterocycles. The SMILES string of the molecule is CCOC1(C(NN)c2cnccc2N)CCC(C)(C)CC1. The molecule has 1 aromatic heterocycles. The molecule has 21 heavy (non-hydrogen) atoms. The minimum Gasteiger partial charge on any atom is -0.398 e. The van der Waals surface area contributed by atoms with Gasteiger partial charge in [-0.15, -0.1) is 0 Å². The molecule has 5 N–H and O–H groups in total. The Morgan fingerprint density at radius 1 is 1.33 bits per heavy atom. The average Bonchev–Trinajstić information content (AvgIpc) is 2.45. The van der Waals surface area contributed by atoms with Crippen LogP contribution >= 0.6 is 0 Å². The van der Waals surface area contributed by atoms with Gasteiger partial charge in [-0.1, -0.05) is 13.8 Å². The van der Waals surface area contributed by atoms with Gasteiger partial charge in [0, 0.05) is 30.3 Å². The van der Waals surface area contributed by atoms with E-state index in [1.54, 1.807) is 12.4 Å². The van der Waals surface area contributed by atoms with Gasteiger partial charge in [0.25, 0.3) is 0 Å². The number of anilines is 1. The lowest BCUT2D eigenvalue weighted by molar-refractivity contribution is -0.107. The van der Waals surface area contributed by atoms with E-state index in [0.717, 1.165) is 31.2 Å². The number of hydrazine groups is 1. The predicted octanol–water partition coefficient (Wildman–Crippen LogP) is 2.54. The van der Waals surface area contributed by atoms with Gasteiger partial charge in [0.2, 0.25) is 0 Å². The summed E-state index contributed by atoms with van der Waals surface area (Å²) < 4.78 is 6.20. The third kappa shape index (κ3) is 3.36. The van der Waals surface area contributed by atoms with Gasteiger partial charge in [0.1, 0.15) is 0 Å². The van der Waals surface area contributed by atoms with Crippen molar-refractivity contribution < 1.29 is 4.74 Å². The second-order valence-corrected chi connectivity index (χ2v) is 6.77. The first kappa shape index (κ1) is 16.2. The van der Waals surface area contributed by atoms with Gasteiger partial charge in [-0.3, -0.25) is 10.8 Å². The third-order valence-electron chi connectivity index (χ3n) is 4.77. The Morgan fingerprint density at radius 3 is 2.52 bits per heavy atom. The molecular weight excluding hydrogens is 264 g/mol. The Hall–Kier alpha value is -1.17. The van der Waals surface area contributed by atoms with Gasteiger partial charge in [0.15, 0.2) is 0 Å². The maximum absolute atomic E-state index is 6.20. The van der Waals surface area contributed by atoms with Gasteiger partial charge in [0.05, 0.1) is 11.6 Å². The zero-order valence-electron chi connectivity index (χ0n) is 13.4. The molecule has 1 heterocycles. The summed E-state index contributed by atoms with van der Waals surface area (Å²) in [6.45, 7) is 7.32. The first-order valence-electron chi connectivity index (χ1n) is 7.73. The summed E-state index contributed by atoms with van der Waals surface area (Å²) in [6, 6.07) is 1.67. The molecule has 0 amide bonds. The van der Waals surface area contributed by atoms with Crippen molar-refractivity contribution in [3.63, 3.8) is 0 Å². The van der Waals surface area contributed by atoms with Crippen LogP contribution in [0.5, 0.6) is 0 Å². The molecule has 5 heteroatoms. The Labute approximate surface area is 127 Å². The van der Waals surface area contributed by atoms with E-state index in [2.05, 4.69) is 24.3 Å². The number of ether oxygens (including phenoxy) is 1. The van der Waals surface area contributed by atoms with E-state index < -0.39 is 0 Å². The van der Waals surface area contributed by atoms with Crippen LogP contribution in [0.4, 0.5) is 5.69 Å². The van der Waals surface area contributed by atoms with Crippen LogP contribution in [0, 0.1) is 5.41 Å². The Balaban J connectivity index is 2.34. The Bertz CT molecular complexity index is 465. The van der Waals surface area contributed by atoms with Crippen molar-refractivity contribution in [2.45, 2.75) is 58.1 Å². The summed E-state index contributed by atoms with van der Waals surface area (Å²) in [7, 11) is 0. The van der Waals surface area contributed by atoms with Crippen molar-refractivity contribution in [1.82, 2.24) is 10.4 Å². The van der Waals surface area contributed by atoms with Crippen molar-refractivity contribution in [3.8, 4) is 0 Å². The second kappa shape index (κ2) is 6.30. The lowest BCUT2D eigenvalue weighted by Gasteiger charge is -2.47. The smallest absolute Gasteiger partial charge is 0.0890 e. The lowest BCUT2D eigenvalue weighted by atomic mass is 9.67. The standard InChI is InChI=1S/C16H28N4O/c1-4-21-16(8-6-15(2,3)7-9-16)14(20-18)12-11-19-10-5-13(12)17/h5,10-11,14,20H,4,6-9,18H2,1-3H3,(H2,17,19). The fourth-order valence-electron chi connectivity index (χ4n) is 3.34. The number of nitrogens with one attached hydrogen (secondary N) is 1. The molecule has 1 aliphatic rings. The summed E-state index contributed by atoms with van der Waals surface area (Å²) in [6.07, 6.45) is 7.66. The van der Waals surface area contributed by atoms with Crippen LogP contribution in [0.1, 0.15) is 58.1 Å². The van der Waals surface area contributed by atoms with Gasteiger partial charge in [-0.2, -0.15) is 0 Å². The zero-order valence-corrected chi connectivity index (χ0v) is 13.4. The second-order valence-electron chi connectivity index (χ2n) is 6.77. The molecule has 1 aromatic rings. The molecule has 1 fully saturated rings. The van der Waals surface area contributed by atoms with E-state index in [1.807, 2.05) is 13.0 Å². The van der Waals surface area contributed by atoms with Crippen LogP contribution in [0.15, 0.2) is 18.5 Å². The van der Waals surface area contributed by atoms with Crippen LogP contribution in [0.2, 0.25) is 0 Å². The molecule has 1 atom stereocenters. The quantitative estimate of drug-likeness (QED) is 0.573. The highest BCUT2D eigenvalue weighted by molar-refractivity contribution is 5.47. The number of nitrogen functional groups attached to an aromatic ring is 1. The summed E-state index contributed by atoms with van der Waals surface area (Å²) >= 11 is 0. The van der Waals surface area contributed by atoms with E-state index in [-0.39, 0.29) is 11.6 Å². The fourth-order valence-corrected chi connectivity index (χ4v) is 3.34. The van der Waals surface area contributed by atoms with Gasteiger partial charge in [-0.05, 0) is 44.1 Å². The number of hydrogen-bond donors (Lipinski definition) is 3. The van der Waals surface area contributed by atoms with Crippen molar-refractivity contribution in [3.05, 3.63) is 24.0 Å². The van der Waals surface area contributed by atoms with Crippen molar-refractivity contribution >= 4 is 5.69 Å². The Morgan fingerprint density at radius 2 is 2.00 bits per heavy atom. The zero-order chi connectivity index (χ0) is 15.5. The topological polar surface area (TPSA) is 86.2 Å². The number of pyridine rings is 1. The molecule has 5 nitrogen and oxygen atoms in total. The highest BCUT2D eigenvalue weighted by atomic mass is 16.5. The molecule has 2 rings (SSSR count).